The SMILES string of the molecule is O=C(Nc1ccc2c(c1)OCO2)C(=S)N1CCOCC1. The van der Waals surface area contributed by atoms with E-state index in [1.807, 2.05) is 4.90 Å². The Kier molecular flexibility index (Phi) is 3.70. The van der Waals surface area contributed by atoms with Crippen LogP contribution in [0.1, 0.15) is 0 Å². The number of hydrogen-bond donors (Lipinski definition) is 1. The van der Waals surface area contributed by atoms with Crippen molar-refractivity contribution in [3.8, 4) is 11.5 Å². The number of carbonyl (C=O) groups is 1. The summed E-state index contributed by atoms with van der Waals surface area (Å²) in [5.74, 6) is 1.01. The van der Waals surface area contributed by atoms with Crippen molar-refractivity contribution in [2.75, 3.05) is 38.4 Å². The molecule has 0 aromatic heterocycles. The molecule has 2 aliphatic rings. The predicted octanol–water partition coefficient (Wildman–Crippen LogP) is 1.01. The Bertz CT molecular complexity index is 543. The van der Waals surface area contributed by atoms with E-state index in [2.05, 4.69) is 5.32 Å². The highest BCUT2D eigenvalue weighted by atomic mass is 32.1. The first-order valence-corrected chi connectivity index (χ1v) is 6.72. The summed E-state index contributed by atoms with van der Waals surface area (Å²) in [7, 11) is 0. The number of benzene rings is 1. The minimum Gasteiger partial charge on any atom is -0.454 e. The second kappa shape index (κ2) is 5.64. The van der Waals surface area contributed by atoms with Crippen LogP contribution in [0.2, 0.25) is 0 Å². The summed E-state index contributed by atoms with van der Waals surface area (Å²) in [6.45, 7) is 2.69. The molecule has 106 valence electrons. The van der Waals surface area contributed by atoms with E-state index in [1.165, 1.54) is 0 Å². The first kappa shape index (κ1) is 13.1. The van der Waals surface area contributed by atoms with Gasteiger partial charge in [0.2, 0.25) is 6.79 Å². The minimum absolute atomic E-state index is 0.207. The summed E-state index contributed by atoms with van der Waals surface area (Å²) in [5.41, 5.74) is 0.634. The highest BCUT2D eigenvalue weighted by molar-refractivity contribution is 7.82. The maximum atomic E-state index is 12.1. The summed E-state index contributed by atoms with van der Waals surface area (Å²) < 4.78 is 15.7. The Morgan fingerprint density at radius 3 is 2.75 bits per heavy atom. The van der Waals surface area contributed by atoms with Gasteiger partial charge in [0.25, 0.3) is 5.91 Å². The van der Waals surface area contributed by atoms with E-state index < -0.39 is 0 Å². The molecule has 1 saturated heterocycles. The normalized spacial score (nSPS) is 16.9. The standard InChI is InChI=1S/C13H14N2O4S/c16-12(13(20)15-3-5-17-6-4-15)14-9-1-2-10-11(7-9)19-8-18-10/h1-2,7H,3-6,8H2,(H,14,16). The third-order valence-corrected chi connectivity index (χ3v) is 3.57. The third-order valence-electron chi connectivity index (χ3n) is 3.12. The van der Waals surface area contributed by atoms with Gasteiger partial charge in [0.05, 0.1) is 13.2 Å². The van der Waals surface area contributed by atoms with E-state index in [9.17, 15) is 4.79 Å². The lowest BCUT2D eigenvalue weighted by Crippen LogP contribution is -2.44. The molecule has 0 aliphatic carbocycles. The molecule has 2 heterocycles. The zero-order valence-corrected chi connectivity index (χ0v) is 11.6. The summed E-state index contributed by atoms with van der Waals surface area (Å²) >= 11 is 5.20. The van der Waals surface area contributed by atoms with Crippen molar-refractivity contribution in [3.63, 3.8) is 0 Å². The van der Waals surface area contributed by atoms with Gasteiger partial charge in [-0.2, -0.15) is 0 Å². The van der Waals surface area contributed by atoms with Crippen molar-refractivity contribution in [2.45, 2.75) is 0 Å². The number of hydrogen-bond acceptors (Lipinski definition) is 5. The van der Waals surface area contributed by atoms with E-state index in [0.29, 0.717) is 43.5 Å². The van der Waals surface area contributed by atoms with Crippen LogP contribution < -0.4 is 14.8 Å². The number of thiocarbonyl (C=S) groups is 1. The highest BCUT2D eigenvalue weighted by Gasteiger charge is 2.21. The average molecular weight is 294 g/mol. The Morgan fingerprint density at radius 2 is 1.95 bits per heavy atom. The topological polar surface area (TPSA) is 60.0 Å². The van der Waals surface area contributed by atoms with Gasteiger partial charge in [-0.3, -0.25) is 4.79 Å². The molecular formula is C13H14N2O4S. The van der Waals surface area contributed by atoms with E-state index in [1.54, 1.807) is 18.2 Å². The van der Waals surface area contributed by atoms with Gasteiger partial charge in [0.15, 0.2) is 16.5 Å². The second-order valence-corrected chi connectivity index (χ2v) is 4.81. The predicted molar refractivity (Wildman–Crippen MR) is 76.2 cm³/mol. The van der Waals surface area contributed by atoms with Crippen LogP contribution in [0.4, 0.5) is 5.69 Å². The number of rotatable bonds is 1. The number of ether oxygens (including phenoxy) is 3. The molecule has 1 N–H and O–H groups in total. The molecule has 0 saturated carbocycles. The summed E-state index contributed by atoms with van der Waals surface area (Å²) in [5, 5.41) is 2.77. The Labute approximate surface area is 121 Å². The highest BCUT2D eigenvalue weighted by Crippen LogP contribution is 2.34. The molecule has 0 bridgehead atoms. The lowest BCUT2D eigenvalue weighted by molar-refractivity contribution is -0.111. The van der Waals surface area contributed by atoms with Crippen molar-refractivity contribution >= 4 is 28.8 Å². The van der Waals surface area contributed by atoms with Crippen LogP contribution >= 0.6 is 12.2 Å². The lowest BCUT2D eigenvalue weighted by atomic mass is 10.2. The first-order chi connectivity index (χ1) is 9.74. The third kappa shape index (κ3) is 2.68. The fourth-order valence-electron chi connectivity index (χ4n) is 2.07. The molecule has 0 unspecified atom stereocenters. The smallest absolute Gasteiger partial charge is 0.283 e. The van der Waals surface area contributed by atoms with E-state index in [4.69, 9.17) is 26.4 Å². The van der Waals surface area contributed by atoms with Crippen LogP contribution in [-0.2, 0) is 9.53 Å². The van der Waals surface area contributed by atoms with E-state index in [-0.39, 0.29) is 17.7 Å². The van der Waals surface area contributed by atoms with Gasteiger partial charge < -0.3 is 24.4 Å². The lowest BCUT2D eigenvalue weighted by Gasteiger charge is -2.28. The largest absolute Gasteiger partial charge is 0.454 e. The number of fused-ring (bicyclic) bond motifs is 1. The van der Waals surface area contributed by atoms with Crippen molar-refractivity contribution in [1.29, 1.82) is 0 Å². The van der Waals surface area contributed by atoms with Crippen LogP contribution in [0.25, 0.3) is 0 Å². The van der Waals surface area contributed by atoms with E-state index in [0.717, 1.165) is 0 Å². The van der Waals surface area contributed by atoms with Gasteiger partial charge in [-0.1, -0.05) is 12.2 Å². The Morgan fingerprint density at radius 1 is 1.20 bits per heavy atom. The van der Waals surface area contributed by atoms with Crippen molar-refractivity contribution in [3.05, 3.63) is 18.2 Å². The zero-order chi connectivity index (χ0) is 13.9. The van der Waals surface area contributed by atoms with Gasteiger partial charge in [-0.25, -0.2) is 0 Å². The van der Waals surface area contributed by atoms with Gasteiger partial charge in [-0.15, -0.1) is 0 Å². The van der Waals surface area contributed by atoms with Crippen LogP contribution in [0.3, 0.4) is 0 Å². The molecule has 0 radical (unpaired) electrons. The fourth-order valence-corrected chi connectivity index (χ4v) is 2.30. The maximum Gasteiger partial charge on any atom is 0.283 e. The van der Waals surface area contributed by atoms with E-state index >= 15 is 0 Å². The first-order valence-electron chi connectivity index (χ1n) is 6.32. The molecule has 20 heavy (non-hydrogen) atoms. The fraction of sp³-hybridized carbons (Fsp3) is 0.385. The number of carbonyl (C=O) groups excluding carboxylic acids is 1. The van der Waals surface area contributed by atoms with Gasteiger partial charge in [0.1, 0.15) is 0 Å². The molecule has 1 aromatic carbocycles. The molecule has 1 amide bonds. The van der Waals surface area contributed by atoms with Crippen molar-refractivity contribution < 1.29 is 19.0 Å². The van der Waals surface area contributed by atoms with Crippen molar-refractivity contribution in [2.24, 2.45) is 0 Å². The number of nitrogens with one attached hydrogen (secondary N) is 1. The quantitative estimate of drug-likeness (QED) is 0.780. The van der Waals surface area contributed by atoms with Gasteiger partial charge in [-0.05, 0) is 12.1 Å². The minimum atomic E-state index is -0.291. The number of morpholine rings is 1. The van der Waals surface area contributed by atoms with Gasteiger partial charge in [0, 0.05) is 24.8 Å². The summed E-state index contributed by atoms with van der Waals surface area (Å²) in [4.78, 5) is 14.2. The van der Waals surface area contributed by atoms with Gasteiger partial charge >= 0.3 is 0 Å². The summed E-state index contributed by atoms with van der Waals surface area (Å²) in [6.07, 6.45) is 0. The molecule has 7 heteroatoms. The second-order valence-electron chi connectivity index (χ2n) is 4.43. The number of amides is 1. The number of nitrogens with zero attached hydrogens (tertiary/aromatic N) is 1. The van der Waals surface area contributed by atoms with Crippen LogP contribution in [0, 0.1) is 0 Å². The van der Waals surface area contributed by atoms with Crippen LogP contribution in [0.5, 0.6) is 11.5 Å². The average Bonchev–Trinajstić information content (AvgIpc) is 2.95. The van der Waals surface area contributed by atoms with Crippen LogP contribution in [-0.4, -0.2) is 48.9 Å². The molecule has 0 spiro atoms. The molecule has 6 nitrogen and oxygen atoms in total. The number of anilines is 1. The van der Waals surface area contributed by atoms with Crippen LogP contribution in [0.15, 0.2) is 18.2 Å². The molecule has 1 fully saturated rings. The summed E-state index contributed by atoms with van der Waals surface area (Å²) in [6, 6.07) is 5.24. The molecule has 1 aromatic rings. The monoisotopic (exact) mass is 294 g/mol. The molecule has 2 aliphatic heterocycles. The Balaban J connectivity index is 1.64. The molecular weight excluding hydrogens is 280 g/mol. The molecule has 0 atom stereocenters. The Hall–Kier alpha value is -1.86. The molecule has 3 rings (SSSR count). The van der Waals surface area contributed by atoms with Crippen molar-refractivity contribution in [1.82, 2.24) is 4.90 Å². The zero-order valence-electron chi connectivity index (χ0n) is 10.8. The maximum absolute atomic E-state index is 12.1.